The molecule has 1 aliphatic carbocycles. The van der Waals surface area contributed by atoms with E-state index in [1.807, 2.05) is 146 Å². The van der Waals surface area contributed by atoms with Gasteiger partial charge in [0.2, 0.25) is 23.6 Å². The number of nitrogens with one attached hydrogen (secondary N) is 4. The Kier molecular flexibility index (Phi) is 19.4. The maximum atomic E-state index is 14.9. The van der Waals surface area contributed by atoms with Crippen molar-refractivity contribution in [3.8, 4) is 0 Å². The van der Waals surface area contributed by atoms with Crippen LogP contribution in [-0.2, 0) is 44.6 Å². The van der Waals surface area contributed by atoms with Crippen molar-refractivity contribution in [3.05, 3.63) is 263 Å². The summed E-state index contributed by atoms with van der Waals surface area (Å²) in [4.78, 5) is 69.1. The number of hydrogen-bond acceptors (Lipinski definition) is 9. The van der Waals surface area contributed by atoms with Gasteiger partial charge in [-0.15, -0.1) is 23.5 Å². The van der Waals surface area contributed by atoms with E-state index >= 15 is 0 Å². The molecule has 5 N–H and O–H groups in total. The van der Waals surface area contributed by atoms with Crippen molar-refractivity contribution in [2.45, 2.75) is 65.3 Å². The van der Waals surface area contributed by atoms with Gasteiger partial charge in [-0.1, -0.05) is 224 Å². The molecular weight excluding hydrogens is 1000 g/mol. The molecule has 0 radical (unpaired) electrons. The van der Waals surface area contributed by atoms with Crippen LogP contribution in [0.5, 0.6) is 0 Å². The highest BCUT2D eigenvalue weighted by Gasteiger charge is 2.52. The van der Waals surface area contributed by atoms with Crippen LogP contribution < -0.4 is 21.3 Å². The molecule has 13 heteroatoms. The Morgan fingerprint density at radius 2 is 0.987 bits per heavy atom. The van der Waals surface area contributed by atoms with Crippen LogP contribution in [0.1, 0.15) is 64.6 Å². The number of carbonyl (C=O) groups is 5. The van der Waals surface area contributed by atoms with E-state index in [1.165, 1.54) is 18.9 Å². The monoisotopic (exact) mass is 1060 g/mol. The van der Waals surface area contributed by atoms with Gasteiger partial charge in [0, 0.05) is 12.2 Å². The van der Waals surface area contributed by atoms with Crippen LogP contribution in [-0.4, -0.2) is 83.6 Å². The highest BCUT2D eigenvalue weighted by atomic mass is 32.2. The molecular formula is C64H64N4O7S2. The van der Waals surface area contributed by atoms with E-state index in [0.29, 0.717) is 25.0 Å². The first kappa shape index (κ1) is 55.5. The topological polar surface area (TPSA) is 163 Å². The molecule has 7 aromatic carbocycles. The van der Waals surface area contributed by atoms with E-state index in [0.717, 1.165) is 38.9 Å². The molecule has 77 heavy (non-hydrogen) atoms. The lowest BCUT2D eigenvalue weighted by Gasteiger charge is -2.37. The highest BCUT2D eigenvalue weighted by molar-refractivity contribution is 8.00. The van der Waals surface area contributed by atoms with Crippen molar-refractivity contribution in [1.82, 2.24) is 21.3 Å². The molecule has 4 amide bonds. The maximum absolute atomic E-state index is 14.9. The van der Waals surface area contributed by atoms with Crippen LogP contribution in [0.25, 0.3) is 0 Å². The van der Waals surface area contributed by atoms with Gasteiger partial charge < -0.3 is 31.1 Å². The Balaban J connectivity index is 1.01. The first-order chi connectivity index (χ1) is 37.6. The number of hydrogen-bond donors (Lipinski definition) is 5. The molecule has 1 fully saturated rings. The predicted octanol–water partition coefficient (Wildman–Crippen LogP) is 9.28. The minimum atomic E-state index is -1.30. The summed E-state index contributed by atoms with van der Waals surface area (Å²) >= 11 is 3.26. The summed E-state index contributed by atoms with van der Waals surface area (Å²) in [6.07, 6.45) is 3.35. The molecule has 1 aliphatic rings. The van der Waals surface area contributed by atoms with Crippen LogP contribution in [0, 0.1) is 0 Å². The van der Waals surface area contributed by atoms with Crippen molar-refractivity contribution in [1.29, 1.82) is 0 Å². The SMILES string of the molecule is COC(=O)CNC(=O)C1(NC(=O)[C@@H](CSC(c2ccccc2)(c2ccccc2)c2ccccc2)NC(=O)[C@@H](Cc2ccccc2)NC(=O)C[C@H](O)/C=C/CCSC(c2ccccc2)(c2ccccc2)c2ccccc2)CC1. The maximum Gasteiger partial charge on any atom is 0.325 e. The number of carbonyl (C=O) groups excluding carboxylic acids is 5. The Hall–Kier alpha value is -7.71. The molecule has 3 atom stereocenters. The minimum Gasteiger partial charge on any atom is -0.468 e. The van der Waals surface area contributed by atoms with Gasteiger partial charge in [0.1, 0.15) is 24.2 Å². The number of aliphatic hydroxyl groups excluding tert-OH is 1. The van der Waals surface area contributed by atoms with Gasteiger partial charge in [-0.25, -0.2) is 0 Å². The number of allylic oxidation sites excluding steroid dienone is 1. The van der Waals surface area contributed by atoms with Crippen LogP contribution in [0.15, 0.2) is 224 Å². The van der Waals surface area contributed by atoms with Gasteiger partial charge in [-0.05, 0) is 64.0 Å². The Morgan fingerprint density at radius 3 is 1.40 bits per heavy atom. The normalized spacial score (nSPS) is 14.1. The molecule has 11 nitrogen and oxygen atoms in total. The smallest absolute Gasteiger partial charge is 0.325 e. The number of aliphatic hydroxyl groups is 1. The molecule has 0 heterocycles. The van der Waals surface area contributed by atoms with Crippen molar-refractivity contribution >= 4 is 53.1 Å². The number of benzene rings is 7. The molecule has 394 valence electrons. The zero-order chi connectivity index (χ0) is 53.9. The van der Waals surface area contributed by atoms with Crippen molar-refractivity contribution in [2.24, 2.45) is 0 Å². The molecule has 0 saturated heterocycles. The largest absolute Gasteiger partial charge is 0.468 e. The molecule has 0 spiro atoms. The number of esters is 1. The van der Waals surface area contributed by atoms with E-state index < -0.39 is 62.8 Å². The van der Waals surface area contributed by atoms with Gasteiger partial charge in [0.25, 0.3) is 0 Å². The second-order valence-electron chi connectivity index (χ2n) is 18.9. The van der Waals surface area contributed by atoms with Crippen molar-refractivity contribution < 1.29 is 33.8 Å². The molecule has 0 bridgehead atoms. The van der Waals surface area contributed by atoms with E-state index in [4.69, 9.17) is 4.74 Å². The van der Waals surface area contributed by atoms with Crippen molar-refractivity contribution in [2.75, 3.05) is 25.2 Å². The summed E-state index contributed by atoms with van der Waals surface area (Å²) in [6, 6.07) is 67.9. The fourth-order valence-electron chi connectivity index (χ4n) is 9.55. The lowest BCUT2D eigenvalue weighted by molar-refractivity contribution is -0.141. The zero-order valence-corrected chi connectivity index (χ0v) is 44.6. The fourth-order valence-corrected chi connectivity index (χ4v) is 12.6. The molecule has 0 unspecified atom stereocenters. The van der Waals surface area contributed by atoms with Gasteiger partial charge >= 0.3 is 5.97 Å². The summed E-state index contributed by atoms with van der Waals surface area (Å²) in [5.41, 5.74) is 5.71. The number of ether oxygens (including phenoxy) is 1. The fraction of sp³-hybridized carbons (Fsp3) is 0.234. The van der Waals surface area contributed by atoms with Crippen LogP contribution >= 0.6 is 23.5 Å². The lowest BCUT2D eigenvalue weighted by atomic mass is 9.84. The average Bonchev–Trinajstić information content (AvgIpc) is 4.28. The number of thioether (sulfide) groups is 2. The van der Waals surface area contributed by atoms with E-state index in [-0.39, 0.29) is 25.1 Å². The average molecular weight is 1070 g/mol. The number of methoxy groups -OCH3 is 1. The molecule has 0 aromatic heterocycles. The standard InChI is InChI=1S/C64H64N4O7S2/c1-75-58(71)45-65-61(74)62(40-41-62)68-60(73)56(46-77-64(51-33-17-6-18-34-51,52-35-19-7-20-36-52)53-37-21-8-22-38-53)67-59(72)55(43-47-25-9-2-10-26-47)66-57(70)44-54(69)39-23-24-42-76-63(48-27-11-3-12-28-48,49-29-13-4-14-30-49)50-31-15-5-16-32-50/h2-23,25-39,54-56,69H,24,40-46H2,1H3,(H,65,74)(H,66,70)(H,67,72)(H,68,73)/b39-23+/t54-,55-,56-/m1/s1. The quantitative estimate of drug-likeness (QED) is 0.0154. The van der Waals surface area contributed by atoms with E-state index in [2.05, 4.69) is 94.1 Å². The Labute approximate surface area is 459 Å². The summed E-state index contributed by atoms with van der Waals surface area (Å²) in [5, 5.41) is 22.7. The highest BCUT2D eigenvalue weighted by Crippen LogP contribution is 2.50. The third kappa shape index (κ3) is 14.0. The van der Waals surface area contributed by atoms with Crippen LogP contribution in [0.3, 0.4) is 0 Å². The number of rotatable bonds is 26. The summed E-state index contributed by atoms with van der Waals surface area (Å²) in [7, 11) is 1.22. The first-order valence-electron chi connectivity index (χ1n) is 25.8. The molecule has 1 saturated carbocycles. The second kappa shape index (κ2) is 26.9. The number of amides is 4. The van der Waals surface area contributed by atoms with Crippen LogP contribution in [0.2, 0.25) is 0 Å². The van der Waals surface area contributed by atoms with E-state index in [9.17, 15) is 29.1 Å². The van der Waals surface area contributed by atoms with Gasteiger partial charge in [0.15, 0.2) is 0 Å². The predicted molar refractivity (Wildman–Crippen MR) is 307 cm³/mol. The van der Waals surface area contributed by atoms with E-state index in [1.54, 1.807) is 17.8 Å². The third-order valence-electron chi connectivity index (χ3n) is 13.6. The zero-order valence-electron chi connectivity index (χ0n) is 43.0. The molecule has 8 rings (SSSR count). The molecule has 0 aliphatic heterocycles. The van der Waals surface area contributed by atoms with Gasteiger partial charge in [-0.2, -0.15) is 0 Å². The summed E-state index contributed by atoms with van der Waals surface area (Å²) < 4.78 is 3.34. The minimum absolute atomic E-state index is 0.0209. The summed E-state index contributed by atoms with van der Waals surface area (Å²) in [5.74, 6) is -2.27. The van der Waals surface area contributed by atoms with Crippen molar-refractivity contribution in [3.63, 3.8) is 0 Å². The lowest BCUT2D eigenvalue weighted by Crippen LogP contribution is -2.59. The summed E-state index contributed by atoms with van der Waals surface area (Å²) in [6.45, 7) is -0.375. The first-order valence-corrected chi connectivity index (χ1v) is 27.8. The van der Waals surface area contributed by atoms with Gasteiger partial charge in [0.05, 0.1) is 29.1 Å². The van der Waals surface area contributed by atoms with Gasteiger partial charge in [-0.3, -0.25) is 24.0 Å². The Morgan fingerprint density at radius 1 is 0.571 bits per heavy atom. The van der Waals surface area contributed by atoms with Crippen LogP contribution in [0.4, 0.5) is 0 Å². The second-order valence-corrected chi connectivity index (χ2v) is 21.5. The molecule has 7 aromatic rings. The third-order valence-corrected chi connectivity index (χ3v) is 16.9. The Bertz CT molecular complexity index is 2850.